The van der Waals surface area contributed by atoms with Crippen molar-refractivity contribution >= 4 is 26.5 Å². The number of H-pyrrole nitrogens is 1. The van der Waals surface area contributed by atoms with Crippen molar-refractivity contribution in [2.24, 2.45) is 0 Å². The van der Waals surface area contributed by atoms with Crippen LogP contribution in [0.25, 0.3) is 16.5 Å². The van der Waals surface area contributed by atoms with Crippen LogP contribution >= 0.6 is 0 Å². The summed E-state index contributed by atoms with van der Waals surface area (Å²) in [6, 6.07) is 11.6. The van der Waals surface area contributed by atoms with Gasteiger partial charge in [-0.05, 0) is 54.8 Å². The summed E-state index contributed by atoms with van der Waals surface area (Å²) in [5, 5.41) is 0.825. The van der Waals surface area contributed by atoms with Crippen molar-refractivity contribution in [2.75, 3.05) is 13.1 Å². The lowest BCUT2D eigenvalue weighted by Crippen LogP contribution is -2.34. The van der Waals surface area contributed by atoms with E-state index in [2.05, 4.69) is 4.98 Å². The molecule has 3 aromatic rings. The predicted octanol–water partition coefficient (Wildman–Crippen LogP) is 4.09. The molecule has 0 saturated heterocycles. The zero-order valence-electron chi connectivity index (χ0n) is 14.4. The second-order valence-electron chi connectivity index (χ2n) is 6.55. The Morgan fingerprint density at radius 3 is 2.73 bits per heavy atom. The lowest BCUT2D eigenvalue weighted by atomic mass is 10.00. The lowest BCUT2D eigenvalue weighted by molar-refractivity contribution is 0.441. The number of hydrogen-bond acceptors (Lipinski definition) is 2. The average molecular weight is 370 g/mol. The van der Waals surface area contributed by atoms with Gasteiger partial charge in [0.2, 0.25) is 10.0 Å². The van der Waals surface area contributed by atoms with Crippen molar-refractivity contribution in [3.8, 4) is 0 Å². The molecule has 1 aliphatic rings. The number of sulfonamides is 1. The fraction of sp³-hybridized carbons (Fsp3) is 0.200. The highest BCUT2D eigenvalue weighted by molar-refractivity contribution is 7.89. The van der Waals surface area contributed by atoms with Crippen LogP contribution in [0.2, 0.25) is 0 Å². The maximum Gasteiger partial charge on any atom is 0.243 e. The molecule has 0 spiro atoms. The first-order valence-electron chi connectivity index (χ1n) is 8.48. The number of rotatable bonds is 3. The van der Waals surface area contributed by atoms with Crippen LogP contribution in [0.3, 0.4) is 0 Å². The number of aryl methyl sites for hydroxylation is 1. The fourth-order valence-corrected chi connectivity index (χ4v) is 4.88. The summed E-state index contributed by atoms with van der Waals surface area (Å²) in [6.45, 7) is 2.60. The number of benzene rings is 2. The number of nitrogens with one attached hydrogen (secondary N) is 1. The molecular formula is C20H19FN2O2S. The highest BCUT2D eigenvalue weighted by Crippen LogP contribution is 2.31. The molecule has 0 bridgehead atoms. The number of halogens is 1. The van der Waals surface area contributed by atoms with Crippen LogP contribution in [0.1, 0.15) is 17.5 Å². The van der Waals surface area contributed by atoms with E-state index in [9.17, 15) is 12.8 Å². The Hall–Kier alpha value is -2.44. The highest BCUT2D eigenvalue weighted by atomic mass is 32.2. The monoisotopic (exact) mass is 370 g/mol. The van der Waals surface area contributed by atoms with Gasteiger partial charge in [-0.2, -0.15) is 4.31 Å². The molecule has 0 saturated carbocycles. The number of fused-ring (bicyclic) bond motifs is 1. The molecule has 0 radical (unpaired) electrons. The number of aromatic nitrogens is 1. The Morgan fingerprint density at radius 1 is 1.15 bits per heavy atom. The molecule has 1 aromatic heterocycles. The van der Waals surface area contributed by atoms with Crippen molar-refractivity contribution < 1.29 is 12.8 Å². The third-order valence-corrected chi connectivity index (χ3v) is 6.65. The standard InChI is InChI=1S/C20H19FN2O2S/c1-14-3-2-4-17(11-14)26(24,25)23-9-7-15(8-10-23)19-13-22-20-6-5-16(21)12-18(19)20/h2-7,11-13,22H,8-10H2,1H3. The van der Waals surface area contributed by atoms with Crippen molar-refractivity contribution in [3.63, 3.8) is 0 Å². The van der Waals surface area contributed by atoms with Gasteiger partial charge in [-0.15, -0.1) is 0 Å². The largest absolute Gasteiger partial charge is 0.361 e. The molecular weight excluding hydrogens is 351 g/mol. The van der Waals surface area contributed by atoms with Crippen molar-refractivity contribution in [1.82, 2.24) is 9.29 Å². The van der Waals surface area contributed by atoms with Gasteiger partial charge < -0.3 is 4.98 Å². The first-order chi connectivity index (χ1) is 12.4. The van der Waals surface area contributed by atoms with Crippen LogP contribution in [-0.2, 0) is 10.0 Å². The smallest absolute Gasteiger partial charge is 0.243 e. The highest BCUT2D eigenvalue weighted by Gasteiger charge is 2.27. The van der Waals surface area contributed by atoms with E-state index in [-0.39, 0.29) is 5.82 Å². The van der Waals surface area contributed by atoms with Gasteiger partial charge in [0.15, 0.2) is 0 Å². The molecule has 26 heavy (non-hydrogen) atoms. The topological polar surface area (TPSA) is 53.2 Å². The maximum absolute atomic E-state index is 13.6. The van der Waals surface area contributed by atoms with E-state index >= 15 is 0 Å². The predicted molar refractivity (Wildman–Crippen MR) is 101 cm³/mol. The Morgan fingerprint density at radius 2 is 2.00 bits per heavy atom. The van der Waals surface area contributed by atoms with Crippen LogP contribution in [0.15, 0.2) is 59.6 Å². The molecule has 1 aliphatic heterocycles. The van der Waals surface area contributed by atoms with Gasteiger partial charge in [-0.25, -0.2) is 12.8 Å². The summed E-state index contributed by atoms with van der Waals surface area (Å²) in [5.41, 5.74) is 3.77. The Bertz CT molecular complexity index is 1120. The summed E-state index contributed by atoms with van der Waals surface area (Å²) in [7, 11) is -3.51. The maximum atomic E-state index is 13.6. The van der Waals surface area contributed by atoms with Crippen LogP contribution < -0.4 is 0 Å². The van der Waals surface area contributed by atoms with Crippen LogP contribution in [-0.4, -0.2) is 30.8 Å². The Kier molecular flexibility index (Phi) is 4.17. The molecule has 2 heterocycles. The molecule has 0 amide bonds. The second kappa shape index (κ2) is 6.37. The van der Waals surface area contributed by atoms with E-state index in [1.54, 1.807) is 24.3 Å². The minimum atomic E-state index is -3.51. The van der Waals surface area contributed by atoms with Crippen LogP contribution in [0.5, 0.6) is 0 Å². The van der Waals surface area contributed by atoms with E-state index in [1.165, 1.54) is 16.4 Å². The Balaban J connectivity index is 1.63. The Labute approximate surface area is 152 Å². The van der Waals surface area contributed by atoms with Crippen molar-refractivity contribution in [2.45, 2.75) is 18.2 Å². The van der Waals surface area contributed by atoms with Crippen molar-refractivity contribution in [1.29, 1.82) is 0 Å². The minimum absolute atomic E-state index is 0.279. The van der Waals surface area contributed by atoms with Crippen molar-refractivity contribution in [3.05, 3.63) is 71.7 Å². The van der Waals surface area contributed by atoms with Gasteiger partial charge in [0.1, 0.15) is 5.82 Å². The summed E-state index contributed by atoms with van der Waals surface area (Å²) in [6.07, 6.45) is 4.37. The molecule has 1 N–H and O–H groups in total. The van der Waals surface area contributed by atoms with E-state index < -0.39 is 10.0 Å². The van der Waals surface area contributed by atoms with Crippen LogP contribution in [0.4, 0.5) is 4.39 Å². The molecule has 0 atom stereocenters. The summed E-state index contributed by atoms with van der Waals surface area (Å²) in [4.78, 5) is 3.47. The molecule has 2 aromatic carbocycles. The van der Waals surface area contributed by atoms with Gasteiger partial charge in [0.25, 0.3) is 0 Å². The fourth-order valence-electron chi connectivity index (χ4n) is 3.40. The molecule has 134 valence electrons. The third kappa shape index (κ3) is 2.95. The van der Waals surface area contributed by atoms with E-state index in [4.69, 9.17) is 0 Å². The summed E-state index contributed by atoms with van der Waals surface area (Å²) < 4.78 is 40.7. The summed E-state index contributed by atoms with van der Waals surface area (Å²) >= 11 is 0. The number of aromatic amines is 1. The molecule has 0 fully saturated rings. The normalized spacial score (nSPS) is 16.0. The molecule has 6 heteroatoms. The molecule has 4 rings (SSSR count). The minimum Gasteiger partial charge on any atom is -0.361 e. The quantitative estimate of drug-likeness (QED) is 0.755. The second-order valence-corrected chi connectivity index (χ2v) is 8.49. The van der Waals surface area contributed by atoms with E-state index in [1.807, 2.05) is 25.3 Å². The molecule has 0 unspecified atom stereocenters. The average Bonchev–Trinajstić information content (AvgIpc) is 3.05. The van der Waals surface area contributed by atoms with E-state index in [0.717, 1.165) is 27.6 Å². The van der Waals surface area contributed by atoms with Gasteiger partial charge >= 0.3 is 0 Å². The number of hydrogen-bond donors (Lipinski definition) is 1. The SMILES string of the molecule is Cc1cccc(S(=O)(=O)N2CC=C(c3c[nH]c4ccc(F)cc34)CC2)c1. The lowest BCUT2D eigenvalue weighted by Gasteiger charge is -2.26. The van der Waals surface area contributed by atoms with Gasteiger partial charge in [0.05, 0.1) is 4.90 Å². The molecule has 4 nitrogen and oxygen atoms in total. The van der Waals surface area contributed by atoms with E-state index in [0.29, 0.717) is 24.4 Å². The molecule has 0 aliphatic carbocycles. The van der Waals surface area contributed by atoms with Gasteiger partial charge in [-0.3, -0.25) is 0 Å². The number of nitrogens with zero attached hydrogens (tertiary/aromatic N) is 1. The zero-order valence-corrected chi connectivity index (χ0v) is 15.2. The summed E-state index contributed by atoms with van der Waals surface area (Å²) in [5.74, 6) is -0.279. The first-order valence-corrected chi connectivity index (χ1v) is 9.92. The third-order valence-electron chi connectivity index (χ3n) is 4.79. The van der Waals surface area contributed by atoms with Crippen LogP contribution in [0, 0.1) is 12.7 Å². The van der Waals surface area contributed by atoms with Gasteiger partial charge in [-0.1, -0.05) is 18.2 Å². The zero-order chi connectivity index (χ0) is 18.3. The van der Waals surface area contributed by atoms with Gasteiger partial charge in [0, 0.05) is 35.8 Å². The first kappa shape index (κ1) is 17.0.